The van der Waals surface area contributed by atoms with Gasteiger partial charge in [0.1, 0.15) is 17.7 Å². The van der Waals surface area contributed by atoms with E-state index in [0.29, 0.717) is 19.0 Å². The van der Waals surface area contributed by atoms with E-state index in [9.17, 15) is 9.90 Å². The highest BCUT2D eigenvalue weighted by Gasteiger charge is 2.31. The van der Waals surface area contributed by atoms with Crippen LogP contribution in [-0.2, 0) is 9.53 Å². The van der Waals surface area contributed by atoms with Crippen LogP contribution < -0.4 is 0 Å². The van der Waals surface area contributed by atoms with Gasteiger partial charge >= 0.3 is 5.97 Å². The van der Waals surface area contributed by atoms with Crippen LogP contribution in [0.4, 0.5) is 0 Å². The van der Waals surface area contributed by atoms with E-state index in [1.54, 1.807) is 4.57 Å². The third-order valence-electron chi connectivity index (χ3n) is 3.64. The molecule has 6 heteroatoms. The van der Waals surface area contributed by atoms with Crippen LogP contribution in [-0.4, -0.2) is 39.1 Å². The molecule has 2 heterocycles. The minimum absolute atomic E-state index is 0.00853. The van der Waals surface area contributed by atoms with Crippen molar-refractivity contribution in [2.75, 3.05) is 13.2 Å². The fourth-order valence-electron chi connectivity index (χ4n) is 2.66. The second kappa shape index (κ2) is 5.69. The van der Waals surface area contributed by atoms with Gasteiger partial charge in [-0.2, -0.15) is 0 Å². The summed E-state index contributed by atoms with van der Waals surface area (Å²) in [5.74, 6) is 0.872. The van der Waals surface area contributed by atoms with E-state index in [1.807, 2.05) is 20.8 Å². The number of hydrogen-bond donors (Lipinski definition) is 1. The molecule has 0 radical (unpaired) electrons. The molecule has 106 valence electrons. The van der Waals surface area contributed by atoms with E-state index in [2.05, 4.69) is 10.2 Å². The molecule has 0 aromatic carbocycles. The first-order chi connectivity index (χ1) is 9.02. The number of aromatic nitrogens is 3. The number of rotatable bonds is 4. The molecule has 1 aromatic rings. The Kier molecular flexibility index (Phi) is 4.19. The molecule has 1 atom stereocenters. The molecule has 1 unspecified atom stereocenters. The van der Waals surface area contributed by atoms with E-state index in [4.69, 9.17) is 4.74 Å². The average molecular weight is 267 g/mol. The van der Waals surface area contributed by atoms with Crippen molar-refractivity contribution in [3.8, 4) is 0 Å². The number of aliphatic carboxylic acids is 1. The molecule has 0 amide bonds. The van der Waals surface area contributed by atoms with Gasteiger partial charge < -0.3 is 14.4 Å². The van der Waals surface area contributed by atoms with Crippen molar-refractivity contribution < 1.29 is 14.6 Å². The lowest BCUT2D eigenvalue weighted by atomic mass is 9.97. The molecule has 19 heavy (non-hydrogen) atoms. The lowest BCUT2D eigenvalue weighted by molar-refractivity contribution is -0.142. The van der Waals surface area contributed by atoms with Crippen molar-refractivity contribution in [1.29, 1.82) is 0 Å². The predicted molar refractivity (Wildman–Crippen MR) is 69.1 cm³/mol. The molecule has 1 aromatic heterocycles. The summed E-state index contributed by atoms with van der Waals surface area (Å²) < 4.78 is 7.14. The first kappa shape index (κ1) is 14.0. The van der Waals surface area contributed by atoms with Gasteiger partial charge in [-0.1, -0.05) is 13.8 Å². The summed E-state index contributed by atoms with van der Waals surface area (Å²) in [6, 6.07) is -0.604. The van der Waals surface area contributed by atoms with Crippen LogP contribution in [0.5, 0.6) is 0 Å². The van der Waals surface area contributed by atoms with Gasteiger partial charge in [-0.15, -0.1) is 10.2 Å². The Morgan fingerprint density at radius 3 is 2.53 bits per heavy atom. The first-order valence-corrected chi connectivity index (χ1v) is 6.74. The van der Waals surface area contributed by atoms with Crippen molar-refractivity contribution in [2.45, 2.75) is 45.6 Å². The Balaban J connectivity index is 2.38. The molecular weight excluding hydrogens is 246 g/mol. The van der Waals surface area contributed by atoms with Gasteiger partial charge in [0.15, 0.2) is 0 Å². The summed E-state index contributed by atoms with van der Waals surface area (Å²) in [7, 11) is 0. The number of ether oxygens (including phenoxy) is 1. The Hall–Kier alpha value is -1.43. The van der Waals surface area contributed by atoms with Gasteiger partial charge in [0.2, 0.25) is 0 Å². The Morgan fingerprint density at radius 2 is 2.00 bits per heavy atom. The molecule has 1 aliphatic heterocycles. The van der Waals surface area contributed by atoms with E-state index >= 15 is 0 Å². The summed E-state index contributed by atoms with van der Waals surface area (Å²) in [5.41, 5.74) is 0. The Morgan fingerprint density at radius 1 is 1.37 bits per heavy atom. The topological polar surface area (TPSA) is 77.2 Å². The Labute approximate surface area is 112 Å². The smallest absolute Gasteiger partial charge is 0.327 e. The van der Waals surface area contributed by atoms with Gasteiger partial charge in [0.25, 0.3) is 0 Å². The molecule has 0 saturated carbocycles. The Bertz CT molecular complexity index is 450. The predicted octanol–water partition coefficient (Wildman–Crippen LogP) is 1.76. The third kappa shape index (κ3) is 2.78. The zero-order chi connectivity index (χ0) is 14.0. The van der Waals surface area contributed by atoms with Gasteiger partial charge in [0, 0.05) is 19.1 Å². The fraction of sp³-hybridized carbons (Fsp3) is 0.769. The highest BCUT2D eigenvalue weighted by Crippen LogP contribution is 2.30. The van der Waals surface area contributed by atoms with Crippen LogP contribution in [0.2, 0.25) is 0 Å². The van der Waals surface area contributed by atoms with Crippen molar-refractivity contribution in [3.63, 3.8) is 0 Å². The summed E-state index contributed by atoms with van der Waals surface area (Å²) in [4.78, 5) is 11.5. The number of aryl methyl sites for hydroxylation is 1. The van der Waals surface area contributed by atoms with Gasteiger partial charge in [-0.05, 0) is 25.7 Å². The van der Waals surface area contributed by atoms with E-state index in [-0.39, 0.29) is 11.8 Å². The molecule has 0 aliphatic carbocycles. The largest absolute Gasteiger partial charge is 0.480 e. The molecule has 1 aliphatic rings. The molecular formula is C13H21N3O3. The monoisotopic (exact) mass is 267 g/mol. The molecule has 0 spiro atoms. The molecule has 1 fully saturated rings. The SMILES string of the molecule is Cc1nnc(C2CCOCC2)n1C(C(=O)O)C(C)C. The van der Waals surface area contributed by atoms with Crippen molar-refractivity contribution in [3.05, 3.63) is 11.6 Å². The molecule has 1 N–H and O–H groups in total. The van der Waals surface area contributed by atoms with Crippen molar-refractivity contribution >= 4 is 5.97 Å². The maximum Gasteiger partial charge on any atom is 0.327 e. The van der Waals surface area contributed by atoms with E-state index < -0.39 is 12.0 Å². The normalized spacial score (nSPS) is 18.7. The zero-order valence-electron chi connectivity index (χ0n) is 11.7. The first-order valence-electron chi connectivity index (χ1n) is 6.74. The summed E-state index contributed by atoms with van der Waals surface area (Å²) in [6.45, 7) is 7.04. The highest BCUT2D eigenvalue weighted by molar-refractivity contribution is 5.72. The number of carbonyl (C=O) groups is 1. The molecule has 2 rings (SSSR count). The maximum absolute atomic E-state index is 11.5. The van der Waals surface area contributed by atoms with E-state index in [1.165, 1.54) is 0 Å². The molecule has 1 saturated heterocycles. The van der Waals surface area contributed by atoms with Crippen LogP contribution in [0.25, 0.3) is 0 Å². The fourth-order valence-corrected chi connectivity index (χ4v) is 2.66. The van der Waals surface area contributed by atoms with Crippen LogP contribution in [0.1, 0.15) is 50.3 Å². The second-order valence-electron chi connectivity index (χ2n) is 5.39. The van der Waals surface area contributed by atoms with Crippen molar-refractivity contribution in [1.82, 2.24) is 14.8 Å². The van der Waals surface area contributed by atoms with Gasteiger partial charge in [-0.3, -0.25) is 0 Å². The standard InChI is InChI=1S/C13H21N3O3/c1-8(2)11(13(17)18)16-9(3)14-15-12(16)10-4-6-19-7-5-10/h8,10-11H,4-7H2,1-3H3,(H,17,18). The van der Waals surface area contributed by atoms with E-state index in [0.717, 1.165) is 18.7 Å². The minimum atomic E-state index is -0.828. The number of hydrogen-bond acceptors (Lipinski definition) is 4. The molecule has 0 bridgehead atoms. The lowest BCUT2D eigenvalue weighted by Crippen LogP contribution is -2.28. The van der Waals surface area contributed by atoms with Crippen LogP contribution in [0.15, 0.2) is 0 Å². The van der Waals surface area contributed by atoms with Gasteiger partial charge in [-0.25, -0.2) is 4.79 Å². The maximum atomic E-state index is 11.5. The summed E-state index contributed by atoms with van der Waals surface area (Å²) >= 11 is 0. The molecule has 6 nitrogen and oxygen atoms in total. The quantitative estimate of drug-likeness (QED) is 0.899. The number of carboxylic acids is 1. The van der Waals surface area contributed by atoms with Crippen LogP contribution in [0, 0.1) is 12.8 Å². The average Bonchev–Trinajstić information content (AvgIpc) is 2.72. The van der Waals surface area contributed by atoms with Crippen LogP contribution >= 0.6 is 0 Å². The second-order valence-corrected chi connectivity index (χ2v) is 5.39. The highest BCUT2D eigenvalue weighted by atomic mass is 16.5. The number of nitrogens with zero attached hydrogens (tertiary/aromatic N) is 3. The lowest BCUT2D eigenvalue weighted by Gasteiger charge is -2.26. The third-order valence-corrected chi connectivity index (χ3v) is 3.64. The van der Waals surface area contributed by atoms with Crippen LogP contribution in [0.3, 0.4) is 0 Å². The number of carboxylic acid groups (broad SMARTS) is 1. The summed E-state index contributed by atoms with van der Waals surface area (Å²) in [5, 5.41) is 17.8. The minimum Gasteiger partial charge on any atom is -0.480 e. The van der Waals surface area contributed by atoms with Crippen molar-refractivity contribution in [2.24, 2.45) is 5.92 Å². The zero-order valence-corrected chi connectivity index (χ0v) is 11.7. The summed E-state index contributed by atoms with van der Waals surface area (Å²) in [6.07, 6.45) is 1.76. The van der Waals surface area contributed by atoms with Gasteiger partial charge in [0.05, 0.1) is 0 Å².